The summed E-state index contributed by atoms with van der Waals surface area (Å²) in [6.07, 6.45) is 3.40. The number of ether oxygens (including phenoxy) is 1. The largest absolute Gasteiger partial charge is 0.378 e. The average molecular weight is 240 g/mol. The molecule has 2 rings (SSSR count). The van der Waals surface area contributed by atoms with Crippen LogP contribution >= 0.6 is 11.3 Å². The molecule has 4 heteroatoms. The minimum Gasteiger partial charge on any atom is -0.378 e. The summed E-state index contributed by atoms with van der Waals surface area (Å²) in [5.41, 5.74) is 7.41. The Balaban J connectivity index is 1.94. The molecule has 0 bridgehead atoms. The van der Waals surface area contributed by atoms with Crippen molar-refractivity contribution < 1.29 is 4.74 Å². The summed E-state index contributed by atoms with van der Waals surface area (Å²) in [7, 11) is 0. The van der Waals surface area contributed by atoms with E-state index in [-0.39, 0.29) is 6.04 Å². The molecule has 90 valence electrons. The molecule has 3 unspecified atom stereocenters. The van der Waals surface area contributed by atoms with Crippen LogP contribution in [-0.2, 0) is 11.2 Å². The lowest BCUT2D eigenvalue weighted by atomic mass is 9.89. The first-order valence-electron chi connectivity index (χ1n) is 5.99. The molecule has 0 radical (unpaired) electrons. The summed E-state index contributed by atoms with van der Waals surface area (Å²) in [5, 5.41) is 3.24. The van der Waals surface area contributed by atoms with Crippen LogP contribution in [-0.4, -0.2) is 23.7 Å². The second-order valence-corrected chi connectivity index (χ2v) is 5.56. The van der Waals surface area contributed by atoms with Gasteiger partial charge in [-0.1, -0.05) is 6.92 Å². The quantitative estimate of drug-likeness (QED) is 0.877. The lowest BCUT2D eigenvalue weighted by Crippen LogP contribution is -2.37. The van der Waals surface area contributed by atoms with Crippen LogP contribution in [0.4, 0.5) is 0 Å². The van der Waals surface area contributed by atoms with Gasteiger partial charge in [0.2, 0.25) is 0 Å². The van der Waals surface area contributed by atoms with Crippen molar-refractivity contribution in [2.24, 2.45) is 11.7 Å². The highest BCUT2D eigenvalue weighted by Crippen LogP contribution is 2.27. The van der Waals surface area contributed by atoms with E-state index < -0.39 is 0 Å². The molecule has 16 heavy (non-hydrogen) atoms. The highest BCUT2D eigenvalue weighted by molar-refractivity contribution is 7.09. The van der Waals surface area contributed by atoms with Crippen molar-refractivity contribution in [3.05, 3.63) is 16.1 Å². The van der Waals surface area contributed by atoms with Crippen LogP contribution in [0.1, 0.15) is 30.5 Å². The first-order valence-corrected chi connectivity index (χ1v) is 6.87. The van der Waals surface area contributed by atoms with Crippen molar-refractivity contribution in [1.82, 2.24) is 4.98 Å². The van der Waals surface area contributed by atoms with Gasteiger partial charge in [-0.15, -0.1) is 11.3 Å². The number of hydrogen-bond donors (Lipinski definition) is 1. The van der Waals surface area contributed by atoms with E-state index >= 15 is 0 Å². The Bertz CT molecular complexity index is 340. The van der Waals surface area contributed by atoms with E-state index in [1.807, 2.05) is 6.92 Å². The maximum atomic E-state index is 6.27. The molecule has 0 spiro atoms. The predicted octanol–water partition coefficient (Wildman–Crippen LogP) is 2.14. The van der Waals surface area contributed by atoms with Crippen molar-refractivity contribution in [2.75, 3.05) is 6.61 Å². The molecule has 0 aromatic carbocycles. The second kappa shape index (κ2) is 5.25. The molecule has 1 aliphatic heterocycles. The summed E-state index contributed by atoms with van der Waals surface area (Å²) >= 11 is 1.70. The fourth-order valence-electron chi connectivity index (χ4n) is 2.47. The lowest BCUT2D eigenvalue weighted by Gasteiger charge is -2.22. The fourth-order valence-corrected chi connectivity index (χ4v) is 3.10. The molecule has 1 aromatic rings. The number of aromatic nitrogens is 1. The Morgan fingerprint density at radius 3 is 3.12 bits per heavy atom. The van der Waals surface area contributed by atoms with Crippen LogP contribution in [0.15, 0.2) is 5.38 Å². The van der Waals surface area contributed by atoms with E-state index in [1.165, 1.54) is 0 Å². The number of aryl methyl sites for hydroxylation is 1. The highest BCUT2D eigenvalue weighted by Gasteiger charge is 2.31. The molecule has 1 saturated heterocycles. The van der Waals surface area contributed by atoms with Crippen molar-refractivity contribution in [3.8, 4) is 0 Å². The third kappa shape index (κ3) is 2.62. The Hall–Kier alpha value is -0.450. The van der Waals surface area contributed by atoms with Crippen LogP contribution in [0.2, 0.25) is 0 Å². The molecule has 3 atom stereocenters. The van der Waals surface area contributed by atoms with E-state index in [1.54, 1.807) is 11.3 Å². The minimum atomic E-state index is 0.189. The van der Waals surface area contributed by atoms with Gasteiger partial charge in [-0.3, -0.25) is 0 Å². The van der Waals surface area contributed by atoms with E-state index in [4.69, 9.17) is 10.5 Å². The van der Waals surface area contributed by atoms with Gasteiger partial charge in [0.15, 0.2) is 0 Å². The molecule has 1 fully saturated rings. The number of rotatable bonds is 4. The normalized spacial score (nSPS) is 27.2. The van der Waals surface area contributed by atoms with Gasteiger partial charge in [0, 0.05) is 30.4 Å². The van der Waals surface area contributed by atoms with Crippen LogP contribution in [0.25, 0.3) is 0 Å². The second-order valence-electron chi connectivity index (χ2n) is 4.50. The van der Waals surface area contributed by atoms with Gasteiger partial charge in [0.1, 0.15) is 0 Å². The first kappa shape index (κ1) is 12.0. The molecule has 1 aromatic heterocycles. The standard InChI is InChI=1S/C12H20N2OS/c1-3-12-10(4-5-15-12)11(13)6-9-7-16-8(2)14-9/h7,10-12H,3-6,13H2,1-2H3. The zero-order valence-corrected chi connectivity index (χ0v) is 10.8. The van der Waals surface area contributed by atoms with Crippen molar-refractivity contribution >= 4 is 11.3 Å². The summed E-state index contributed by atoms with van der Waals surface area (Å²) in [5.74, 6) is 0.506. The van der Waals surface area contributed by atoms with Gasteiger partial charge in [-0.25, -0.2) is 4.98 Å². The Kier molecular flexibility index (Phi) is 3.95. The van der Waals surface area contributed by atoms with Gasteiger partial charge in [0.05, 0.1) is 16.8 Å². The maximum Gasteiger partial charge on any atom is 0.0897 e. The van der Waals surface area contributed by atoms with E-state index in [2.05, 4.69) is 17.3 Å². The van der Waals surface area contributed by atoms with Crippen molar-refractivity contribution in [2.45, 2.75) is 45.3 Å². The summed E-state index contributed by atoms with van der Waals surface area (Å²) in [6, 6.07) is 0.189. The topological polar surface area (TPSA) is 48.1 Å². The van der Waals surface area contributed by atoms with Gasteiger partial charge >= 0.3 is 0 Å². The molecule has 0 aliphatic carbocycles. The zero-order chi connectivity index (χ0) is 11.5. The summed E-state index contributed by atoms with van der Waals surface area (Å²) in [6.45, 7) is 5.07. The Labute approximate surface area is 101 Å². The van der Waals surface area contributed by atoms with Crippen LogP contribution in [0.5, 0.6) is 0 Å². The van der Waals surface area contributed by atoms with Crippen molar-refractivity contribution in [3.63, 3.8) is 0 Å². The number of nitrogens with two attached hydrogens (primary N) is 1. The third-order valence-electron chi connectivity index (χ3n) is 3.32. The highest BCUT2D eigenvalue weighted by atomic mass is 32.1. The SMILES string of the molecule is CCC1OCCC1C(N)Cc1csc(C)n1. The number of nitrogens with zero attached hydrogens (tertiary/aromatic N) is 1. The molecule has 3 nitrogen and oxygen atoms in total. The number of hydrogen-bond acceptors (Lipinski definition) is 4. The first-order chi connectivity index (χ1) is 7.70. The Morgan fingerprint density at radius 1 is 1.69 bits per heavy atom. The molecule has 0 amide bonds. The minimum absolute atomic E-state index is 0.189. The monoisotopic (exact) mass is 240 g/mol. The van der Waals surface area contributed by atoms with Gasteiger partial charge in [0.25, 0.3) is 0 Å². The molecular formula is C12H20N2OS. The van der Waals surface area contributed by atoms with Gasteiger partial charge in [-0.2, -0.15) is 0 Å². The molecule has 2 N–H and O–H groups in total. The molecular weight excluding hydrogens is 220 g/mol. The van der Waals surface area contributed by atoms with Gasteiger partial charge < -0.3 is 10.5 Å². The summed E-state index contributed by atoms with van der Waals surface area (Å²) in [4.78, 5) is 4.47. The lowest BCUT2D eigenvalue weighted by molar-refractivity contribution is 0.0813. The average Bonchev–Trinajstić information content (AvgIpc) is 2.86. The zero-order valence-electron chi connectivity index (χ0n) is 9.98. The third-order valence-corrected chi connectivity index (χ3v) is 4.15. The van der Waals surface area contributed by atoms with Crippen molar-refractivity contribution in [1.29, 1.82) is 0 Å². The van der Waals surface area contributed by atoms with Crippen LogP contribution < -0.4 is 5.73 Å². The van der Waals surface area contributed by atoms with Crippen LogP contribution in [0.3, 0.4) is 0 Å². The smallest absolute Gasteiger partial charge is 0.0897 e. The predicted molar refractivity (Wildman–Crippen MR) is 66.7 cm³/mol. The van der Waals surface area contributed by atoms with E-state index in [9.17, 15) is 0 Å². The Morgan fingerprint density at radius 2 is 2.50 bits per heavy atom. The van der Waals surface area contributed by atoms with E-state index in [0.29, 0.717) is 12.0 Å². The fraction of sp³-hybridized carbons (Fsp3) is 0.750. The summed E-state index contributed by atoms with van der Waals surface area (Å²) < 4.78 is 5.68. The maximum absolute atomic E-state index is 6.27. The van der Waals surface area contributed by atoms with E-state index in [0.717, 1.165) is 36.6 Å². The molecule has 2 heterocycles. The number of thiazole rings is 1. The van der Waals surface area contributed by atoms with Crippen LogP contribution in [0, 0.1) is 12.8 Å². The molecule has 0 saturated carbocycles. The van der Waals surface area contributed by atoms with Gasteiger partial charge in [-0.05, 0) is 19.8 Å². The molecule has 1 aliphatic rings.